The van der Waals surface area contributed by atoms with E-state index in [-0.39, 0.29) is 17.4 Å². The standard InChI is InChI=1S/C28H36N2O2S/c1-3-4-5-8-17-24-20-25-26(30-33(29,31)32)18-19-28(25,21(2)22-13-9-6-10-14-22)27(24)23-15-11-7-12-16-23/h6-7,9-16,25-26,30H,2-5,8,17-20H2,1H3,(H2,29,31,32)/t25-,26-,28-/m0/s1. The van der Waals surface area contributed by atoms with E-state index in [9.17, 15) is 8.42 Å². The minimum Gasteiger partial charge on any atom is -0.216 e. The molecule has 5 heteroatoms. The van der Waals surface area contributed by atoms with Crippen LogP contribution in [0.15, 0.2) is 72.8 Å². The van der Waals surface area contributed by atoms with E-state index >= 15 is 0 Å². The van der Waals surface area contributed by atoms with Crippen LogP contribution in [0.3, 0.4) is 0 Å². The van der Waals surface area contributed by atoms with Crippen LogP contribution in [0.4, 0.5) is 0 Å². The Morgan fingerprint density at radius 3 is 2.36 bits per heavy atom. The summed E-state index contributed by atoms with van der Waals surface area (Å²) >= 11 is 0. The van der Waals surface area contributed by atoms with E-state index in [1.165, 1.54) is 36.0 Å². The molecule has 2 aliphatic carbocycles. The zero-order chi connectivity index (χ0) is 23.5. The third-order valence-electron chi connectivity index (χ3n) is 7.61. The molecule has 2 aliphatic rings. The van der Waals surface area contributed by atoms with Crippen molar-refractivity contribution in [2.45, 2.75) is 64.3 Å². The third kappa shape index (κ3) is 4.86. The molecular weight excluding hydrogens is 428 g/mol. The number of nitrogens with two attached hydrogens (primary N) is 1. The summed E-state index contributed by atoms with van der Waals surface area (Å²) in [6, 6.07) is 20.8. The largest absolute Gasteiger partial charge is 0.274 e. The molecule has 0 radical (unpaired) electrons. The van der Waals surface area contributed by atoms with Crippen molar-refractivity contribution in [1.29, 1.82) is 0 Å². The molecule has 3 atom stereocenters. The molecule has 0 aromatic heterocycles. The Bertz CT molecular complexity index is 1110. The Labute approximate surface area is 199 Å². The van der Waals surface area contributed by atoms with E-state index in [2.05, 4.69) is 60.7 Å². The molecule has 3 N–H and O–H groups in total. The molecule has 0 aliphatic heterocycles. The Kier molecular flexibility index (Phi) is 7.22. The molecular formula is C28H36N2O2S. The molecule has 176 valence electrons. The summed E-state index contributed by atoms with van der Waals surface area (Å²) in [4.78, 5) is 0. The van der Waals surface area contributed by atoms with Crippen LogP contribution in [0.1, 0.15) is 69.4 Å². The van der Waals surface area contributed by atoms with Crippen molar-refractivity contribution in [2.24, 2.45) is 16.5 Å². The van der Waals surface area contributed by atoms with Crippen molar-refractivity contribution in [3.63, 3.8) is 0 Å². The minimum atomic E-state index is -3.79. The Morgan fingerprint density at radius 1 is 1.06 bits per heavy atom. The minimum absolute atomic E-state index is 0.111. The van der Waals surface area contributed by atoms with Gasteiger partial charge in [0, 0.05) is 11.5 Å². The van der Waals surface area contributed by atoms with Gasteiger partial charge >= 0.3 is 0 Å². The number of hydrogen-bond donors (Lipinski definition) is 2. The van der Waals surface area contributed by atoms with Crippen molar-refractivity contribution in [1.82, 2.24) is 4.72 Å². The van der Waals surface area contributed by atoms with Gasteiger partial charge in [0.2, 0.25) is 0 Å². The first-order valence-corrected chi connectivity index (χ1v) is 13.7. The van der Waals surface area contributed by atoms with Gasteiger partial charge in [0.25, 0.3) is 10.2 Å². The lowest BCUT2D eigenvalue weighted by Crippen LogP contribution is -2.43. The Balaban J connectivity index is 1.83. The summed E-state index contributed by atoms with van der Waals surface area (Å²) in [7, 11) is -3.79. The maximum absolute atomic E-state index is 12.0. The van der Waals surface area contributed by atoms with Gasteiger partial charge in [0.05, 0.1) is 0 Å². The monoisotopic (exact) mass is 464 g/mol. The zero-order valence-corrected chi connectivity index (χ0v) is 20.4. The second-order valence-electron chi connectivity index (χ2n) is 9.59. The van der Waals surface area contributed by atoms with E-state index in [1.807, 2.05) is 18.2 Å². The topological polar surface area (TPSA) is 72.2 Å². The van der Waals surface area contributed by atoms with E-state index in [1.54, 1.807) is 0 Å². The van der Waals surface area contributed by atoms with Gasteiger partial charge in [-0.1, -0.05) is 99.0 Å². The highest BCUT2D eigenvalue weighted by molar-refractivity contribution is 7.87. The highest BCUT2D eigenvalue weighted by Gasteiger charge is 2.57. The van der Waals surface area contributed by atoms with Gasteiger partial charge in [-0.05, 0) is 60.3 Å². The van der Waals surface area contributed by atoms with E-state index < -0.39 is 10.2 Å². The van der Waals surface area contributed by atoms with Crippen molar-refractivity contribution in [3.05, 3.63) is 83.9 Å². The average Bonchev–Trinajstić information content (AvgIpc) is 3.31. The molecule has 0 heterocycles. The van der Waals surface area contributed by atoms with Crippen LogP contribution in [0, 0.1) is 11.3 Å². The number of benzene rings is 2. The first-order chi connectivity index (χ1) is 15.9. The van der Waals surface area contributed by atoms with Gasteiger partial charge in [-0.25, -0.2) is 5.14 Å². The van der Waals surface area contributed by atoms with Gasteiger partial charge in [-0.3, -0.25) is 0 Å². The highest BCUT2D eigenvalue weighted by atomic mass is 32.2. The normalized spacial score (nSPS) is 24.8. The first kappa shape index (κ1) is 23.9. The molecule has 2 aromatic rings. The molecule has 4 rings (SSSR count). The van der Waals surface area contributed by atoms with Gasteiger partial charge in [0.15, 0.2) is 0 Å². The van der Waals surface area contributed by atoms with Gasteiger partial charge < -0.3 is 0 Å². The van der Waals surface area contributed by atoms with E-state index in [4.69, 9.17) is 5.14 Å². The van der Waals surface area contributed by atoms with Crippen molar-refractivity contribution in [2.75, 3.05) is 0 Å². The van der Waals surface area contributed by atoms with Crippen LogP contribution in [-0.4, -0.2) is 14.5 Å². The van der Waals surface area contributed by atoms with Crippen molar-refractivity contribution in [3.8, 4) is 0 Å². The number of nitrogens with one attached hydrogen (secondary N) is 1. The molecule has 0 spiro atoms. The second-order valence-corrected chi connectivity index (χ2v) is 10.9. The maximum atomic E-state index is 12.0. The number of rotatable bonds is 10. The van der Waals surface area contributed by atoms with E-state index in [0.717, 1.165) is 43.2 Å². The molecule has 33 heavy (non-hydrogen) atoms. The van der Waals surface area contributed by atoms with Crippen LogP contribution in [0.2, 0.25) is 0 Å². The third-order valence-corrected chi connectivity index (χ3v) is 8.24. The lowest BCUT2D eigenvalue weighted by molar-refractivity contribution is 0.361. The quantitative estimate of drug-likeness (QED) is 0.418. The fourth-order valence-corrected chi connectivity index (χ4v) is 6.96. The number of hydrogen-bond acceptors (Lipinski definition) is 2. The summed E-state index contributed by atoms with van der Waals surface area (Å²) < 4.78 is 26.8. The Hall–Kier alpha value is -2.21. The smallest absolute Gasteiger partial charge is 0.216 e. The lowest BCUT2D eigenvalue weighted by atomic mass is 9.66. The SMILES string of the molecule is C=C(c1ccccc1)[C@@]12CC[C@H](NS(N)(=O)=O)[C@@H]1CC(CCCCCC)=C2c1ccccc1. The van der Waals surface area contributed by atoms with Crippen LogP contribution in [-0.2, 0) is 10.2 Å². The highest BCUT2D eigenvalue weighted by Crippen LogP contribution is 2.66. The van der Waals surface area contributed by atoms with Crippen molar-refractivity contribution < 1.29 is 8.42 Å². The predicted molar refractivity (Wildman–Crippen MR) is 137 cm³/mol. The number of allylic oxidation sites excluding steroid dienone is 3. The molecule has 0 unspecified atom stereocenters. The fourth-order valence-electron chi connectivity index (χ4n) is 6.26. The summed E-state index contributed by atoms with van der Waals surface area (Å²) in [5, 5.41) is 5.45. The summed E-state index contributed by atoms with van der Waals surface area (Å²) in [5.74, 6) is 0.111. The summed E-state index contributed by atoms with van der Waals surface area (Å²) in [6.07, 6.45) is 8.39. The summed E-state index contributed by atoms with van der Waals surface area (Å²) in [6.45, 7) is 6.88. The van der Waals surface area contributed by atoms with Gasteiger partial charge in [-0.15, -0.1) is 0 Å². The van der Waals surface area contributed by atoms with E-state index in [0.29, 0.717) is 0 Å². The average molecular weight is 465 g/mol. The molecule has 0 saturated heterocycles. The van der Waals surface area contributed by atoms with Crippen LogP contribution < -0.4 is 9.86 Å². The van der Waals surface area contributed by atoms with Gasteiger partial charge in [0.1, 0.15) is 0 Å². The van der Waals surface area contributed by atoms with Crippen LogP contribution in [0.25, 0.3) is 11.1 Å². The maximum Gasteiger partial charge on any atom is 0.274 e. The number of fused-ring (bicyclic) bond motifs is 1. The van der Waals surface area contributed by atoms with Crippen molar-refractivity contribution >= 4 is 21.4 Å². The molecule has 1 saturated carbocycles. The van der Waals surface area contributed by atoms with Crippen LogP contribution >= 0.6 is 0 Å². The molecule has 2 aromatic carbocycles. The predicted octanol–water partition coefficient (Wildman–Crippen LogP) is 6.09. The lowest BCUT2D eigenvalue weighted by Gasteiger charge is -2.37. The zero-order valence-electron chi connectivity index (χ0n) is 19.6. The fraction of sp³-hybridized carbons (Fsp3) is 0.429. The van der Waals surface area contributed by atoms with Crippen LogP contribution in [0.5, 0.6) is 0 Å². The summed E-state index contributed by atoms with van der Waals surface area (Å²) in [5.41, 5.74) is 5.98. The molecule has 0 bridgehead atoms. The number of unbranched alkanes of at least 4 members (excludes halogenated alkanes) is 3. The molecule has 0 amide bonds. The molecule has 1 fully saturated rings. The molecule has 4 nitrogen and oxygen atoms in total. The van der Waals surface area contributed by atoms with Gasteiger partial charge in [-0.2, -0.15) is 13.1 Å². The first-order valence-electron chi connectivity index (χ1n) is 12.2. The Morgan fingerprint density at radius 2 is 1.73 bits per heavy atom. The second kappa shape index (κ2) is 9.96.